The Morgan fingerprint density at radius 1 is 1.17 bits per heavy atom. The summed E-state index contributed by atoms with van der Waals surface area (Å²) in [7, 11) is -3.78. The van der Waals surface area contributed by atoms with Crippen LogP contribution < -0.4 is 4.72 Å². The van der Waals surface area contributed by atoms with Crippen LogP contribution >= 0.6 is 27.3 Å². The minimum absolute atomic E-state index is 0.0764. The van der Waals surface area contributed by atoms with Gasteiger partial charge in [-0.25, -0.2) is 13.1 Å². The first-order valence-corrected chi connectivity index (χ1v) is 10.2. The molecule has 0 radical (unpaired) electrons. The van der Waals surface area contributed by atoms with E-state index in [1.807, 2.05) is 38.1 Å². The SMILES string of the molecule is Cc1ccc(-c2ccsc2S(=O)(=O)Nc2onc(C)c2Br)c(C)c1. The van der Waals surface area contributed by atoms with Crippen molar-refractivity contribution in [2.45, 2.75) is 25.0 Å². The monoisotopic (exact) mass is 426 g/mol. The van der Waals surface area contributed by atoms with Gasteiger partial charge in [-0.3, -0.25) is 0 Å². The number of hydrogen-bond acceptors (Lipinski definition) is 5. The van der Waals surface area contributed by atoms with Gasteiger partial charge in [-0.2, -0.15) is 0 Å². The van der Waals surface area contributed by atoms with E-state index in [9.17, 15) is 8.42 Å². The smallest absolute Gasteiger partial charge is 0.274 e. The summed E-state index contributed by atoms with van der Waals surface area (Å²) in [6.45, 7) is 5.70. The molecule has 1 N–H and O–H groups in total. The van der Waals surface area contributed by atoms with Crippen molar-refractivity contribution < 1.29 is 12.9 Å². The van der Waals surface area contributed by atoms with E-state index >= 15 is 0 Å². The Bertz CT molecular complexity index is 1010. The summed E-state index contributed by atoms with van der Waals surface area (Å²) in [5.74, 6) is 0.0764. The van der Waals surface area contributed by atoms with E-state index in [1.165, 1.54) is 11.3 Å². The fraction of sp³-hybridized carbons (Fsp3) is 0.188. The Kier molecular flexibility index (Phi) is 4.54. The number of benzene rings is 1. The van der Waals surface area contributed by atoms with Gasteiger partial charge in [0.25, 0.3) is 15.9 Å². The minimum Gasteiger partial charge on any atom is -0.336 e. The molecule has 1 aromatic carbocycles. The van der Waals surface area contributed by atoms with Crippen molar-refractivity contribution in [3.8, 4) is 11.1 Å². The average molecular weight is 427 g/mol. The normalized spacial score (nSPS) is 11.7. The summed E-state index contributed by atoms with van der Waals surface area (Å²) in [6, 6.07) is 7.77. The van der Waals surface area contributed by atoms with Gasteiger partial charge in [-0.15, -0.1) is 11.3 Å². The van der Waals surface area contributed by atoms with Crippen molar-refractivity contribution in [1.29, 1.82) is 0 Å². The van der Waals surface area contributed by atoms with Crippen LogP contribution in [0.4, 0.5) is 5.88 Å². The first-order chi connectivity index (χ1) is 11.3. The van der Waals surface area contributed by atoms with Gasteiger partial charge in [0.1, 0.15) is 8.68 Å². The Morgan fingerprint density at radius 2 is 1.92 bits per heavy atom. The molecule has 0 saturated carbocycles. The van der Waals surface area contributed by atoms with Crippen molar-refractivity contribution in [3.63, 3.8) is 0 Å². The van der Waals surface area contributed by atoms with Crippen LogP contribution in [0.5, 0.6) is 0 Å². The molecule has 126 valence electrons. The number of nitrogens with one attached hydrogen (secondary N) is 1. The zero-order valence-electron chi connectivity index (χ0n) is 13.3. The highest BCUT2D eigenvalue weighted by Gasteiger charge is 2.25. The van der Waals surface area contributed by atoms with E-state index in [2.05, 4.69) is 25.8 Å². The molecule has 0 saturated heterocycles. The molecule has 0 amide bonds. The third-order valence-electron chi connectivity index (χ3n) is 3.56. The molecular formula is C16H15BrN2O3S2. The predicted octanol–water partition coefficient (Wildman–Crippen LogP) is 4.89. The van der Waals surface area contributed by atoms with E-state index < -0.39 is 10.0 Å². The van der Waals surface area contributed by atoms with Gasteiger partial charge < -0.3 is 4.52 Å². The molecule has 3 aromatic rings. The van der Waals surface area contributed by atoms with E-state index in [4.69, 9.17) is 4.52 Å². The highest BCUT2D eigenvalue weighted by Crippen LogP contribution is 2.36. The maximum atomic E-state index is 12.8. The average Bonchev–Trinajstić information content (AvgIpc) is 3.10. The number of thiophene rings is 1. The molecular weight excluding hydrogens is 412 g/mol. The summed E-state index contributed by atoms with van der Waals surface area (Å²) in [6.07, 6.45) is 0. The Labute approximate surface area is 152 Å². The maximum absolute atomic E-state index is 12.8. The number of aromatic nitrogens is 1. The van der Waals surface area contributed by atoms with Crippen LogP contribution in [0.25, 0.3) is 11.1 Å². The summed E-state index contributed by atoms with van der Waals surface area (Å²) in [5, 5.41) is 5.51. The molecule has 5 nitrogen and oxygen atoms in total. The first-order valence-electron chi connectivity index (χ1n) is 7.09. The molecule has 8 heteroatoms. The highest BCUT2D eigenvalue weighted by molar-refractivity contribution is 9.10. The fourth-order valence-corrected chi connectivity index (χ4v) is 5.16. The molecule has 3 rings (SSSR count). The highest BCUT2D eigenvalue weighted by atomic mass is 79.9. The predicted molar refractivity (Wildman–Crippen MR) is 99.0 cm³/mol. The summed E-state index contributed by atoms with van der Waals surface area (Å²) in [4.78, 5) is 0. The molecule has 0 unspecified atom stereocenters. The molecule has 24 heavy (non-hydrogen) atoms. The Hall–Kier alpha value is -1.64. The van der Waals surface area contributed by atoms with E-state index in [1.54, 1.807) is 12.3 Å². The second-order valence-corrected chi connectivity index (χ2v) is 9.04. The number of sulfonamides is 1. The van der Waals surface area contributed by atoms with Crippen LogP contribution in [0.15, 0.2) is 42.9 Å². The van der Waals surface area contributed by atoms with Crippen molar-refractivity contribution >= 4 is 43.2 Å². The molecule has 0 bridgehead atoms. The molecule has 2 aromatic heterocycles. The number of aryl methyl sites for hydroxylation is 3. The van der Waals surface area contributed by atoms with Crippen molar-refractivity contribution in [3.05, 3.63) is 50.9 Å². The zero-order valence-corrected chi connectivity index (χ0v) is 16.5. The molecule has 0 aliphatic carbocycles. The third kappa shape index (κ3) is 3.13. The van der Waals surface area contributed by atoms with Gasteiger partial charge in [-0.1, -0.05) is 28.9 Å². The van der Waals surface area contributed by atoms with Gasteiger partial charge in [0, 0.05) is 5.56 Å². The van der Waals surface area contributed by atoms with E-state index in [-0.39, 0.29) is 10.1 Å². The Balaban J connectivity index is 2.04. The first kappa shape index (κ1) is 17.2. The largest absolute Gasteiger partial charge is 0.336 e. The fourth-order valence-electron chi connectivity index (χ4n) is 2.41. The van der Waals surface area contributed by atoms with Crippen LogP contribution in [0.2, 0.25) is 0 Å². The second-order valence-electron chi connectivity index (χ2n) is 5.46. The number of rotatable bonds is 4. The number of nitrogens with zero attached hydrogens (tertiary/aromatic N) is 1. The van der Waals surface area contributed by atoms with Gasteiger partial charge >= 0.3 is 0 Å². The molecule has 0 aliphatic heterocycles. The van der Waals surface area contributed by atoms with Gasteiger partial charge in [0.2, 0.25) is 0 Å². The van der Waals surface area contributed by atoms with Crippen LogP contribution in [0, 0.1) is 20.8 Å². The van der Waals surface area contributed by atoms with E-state index in [0.717, 1.165) is 16.7 Å². The minimum atomic E-state index is -3.78. The number of anilines is 1. The standard InChI is InChI=1S/C16H15BrN2O3S2/c1-9-4-5-12(10(2)8-9)13-6-7-23-16(13)24(20,21)19-15-14(17)11(3)18-22-15/h4-8,19H,1-3H3. The number of halogens is 1. The maximum Gasteiger partial charge on any atom is 0.274 e. The summed E-state index contributed by atoms with van der Waals surface area (Å²) >= 11 is 4.44. The van der Waals surface area contributed by atoms with Crippen molar-refractivity contribution in [1.82, 2.24) is 5.16 Å². The number of hydrogen-bond donors (Lipinski definition) is 1. The van der Waals surface area contributed by atoms with Crippen molar-refractivity contribution in [2.75, 3.05) is 4.72 Å². The van der Waals surface area contributed by atoms with Gasteiger partial charge in [-0.05, 0) is 59.3 Å². The third-order valence-corrected chi connectivity index (χ3v) is 7.31. The summed E-state index contributed by atoms with van der Waals surface area (Å²) < 4.78 is 33.8. The quantitative estimate of drug-likeness (QED) is 0.644. The summed E-state index contributed by atoms with van der Waals surface area (Å²) in [5.41, 5.74) is 4.32. The Morgan fingerprint density at radius 3 is 2.54 bits per heavy atom. The lowest BCUT2D eigenvalue weighted by Crippen LogP contribution is -2.12. The second kappa shape index (κ2) is 6.34. The molecule has 0 fully saturated rings. The lowest BCUT2D eigenvalue weighted by atomic mass is 10.0. The topological polar surface area (TPSA) is 72.2 Å². The van der Waals surface area contributed by atoms with Crippen LogP contribution in [0.1, 0.15) is 16.8 Å². The van der Waals surface area contributed by atoms with Crippen LogP contribution in [-0.4, -0.2) is 13.6 Å². The van der Waals surface area contributed by atoms with Crippen LogP contribution in [0.3, 0.4) is 0 Å². The molecule has 0 atom stereocenters. The van der Waals surface area contributed by atoms with Gasteiger partial charge in [0.15, 0.2) is 0 Å². The van der Waals surface area contributed by atoms with Gasteiger partial charge in [0.05, 0.1) is 5.69 Å². The molecule has 0 aliphatic rings. The van der Waals surface area contributed by atoms with E-state index in [0.29, 0.717) is 15.7 Å². The molecule has 0 spiro atoms. The van der Waals surface area contributed by atoms with Crippen molar-refractivity contribution in [2.24, 2.45) is 0 Å². The van der Waals surface area contributed by atoms with Crippen LogP contribution in [-0.2, 0) is 10.0 Å². The molecule has 2 heterocycles. The lowest BCUT2D eigenvalue weighted by molar-refractivity contribution is 0.430. The zero-order chi connectivity index (χ0) is 17.5. The lowest BCUT2D eigenvalue weighted by Gasteiger charge is -2.09.